The van der Waals surface area contributed by atoms with Gasteiger partial charge in [-0.1, -0.05) is 12.8 Å². The van der Waals surface area contributed by atoms with Crippen LogP contribution in [-0.2, 0) is 11.2 Å². The predicted molar refractivity (Wildman–Crippen MR) is 57.7 cm³/mol. The van der Waals surface area contributed by atoms with E-state index in [9.17, 15) is 9.18 Å². The van der Waals surface area contributed by atoms with Gasteiger partial charge in [0.05, 0.1) is 25.0 Å². The molecule has 4 heteroatoms. The molecular weight excluding hydrogens is 209 g/mol. The van der Waals surface area contributed by atoms with Crippen molar-refractivity contribution >= 4 is 5.91 Å². The van der Waals surface area contributed by atoms with E-state index in [2.05, 4.69) is 5.32 Å². The average Bonchev–Trinajstić information content (AvgIpc) is 2.74. The Kier molecular flexibility index (Phi) is 3.59. The molecule has 0 spiro atoms. The highest BCUT2D eigenvalue weighted by Gasteiger charge is 2.25. The molecule has 1 aromatic heterocycles. The number of carbonyl (C=O) groups is 1. The van der Waals surface area contributed by atoms with Crippen molar-refractivity contribution < 1.29 is 13.6 Å². The predicted octanol–water partition coefficient (Wildman–Crippen LogP) is 2.22. The van der Waals surface area contributed by atoms with Crippen LogP contribution in [0.2, 0.25) is 0 Å². The second kappa shape index (κ2) is 5.14. The topological polar surface area (TPSA) is 42.2 Å². The lowest BCUT2D eigenvalue weighted by Crippen LogP contribution is -2.43. The smallest absolute Gasteiger partial charge is 0.224 e. The Bertz CT molecular complexity index is 337. The molecule has 2 atom stereocenters. The van der Waals surface area contributed by atoms with E-state index in [1.807, 2.05) is 0 Å². The molecule has 1 aliphatic rings. The molecule has 1 N–H and O–H groups in total. The van der Waals surface area contributed by atoms with Crippen LogP contribution in [0.15, 0.2) is 23.0 Å². The summed E-state index contributed by atoms with van der Waals surface area (Å²) in [5.74, 6) is -0.129. The standard InChI is InChI=1S/C12H16FNO2/c13-10-3-1-2-4-11(10)14-12(15)7-9-5-6-16-8-9/h5-6,8,10-11H,1-4,7H2,(H,14,15)/t10-,11-/m1/s1. The summed E-state index contributed by atoms with van der Waals surface area (Å²) in [7, 11) is 0. The molecule has 16 heavy (non-hydrogen) atoms. The zero-order chi connectivity index (χ0) is 11.4. The third-order valence-corrected chi connectivity index (χ3v) is 2.97. The van der Waals surface area contributed by atoms with E-state index in [1.165, 1.54) is 12.5 Å². The van der Waals surface area contributed by atoms with Gasteiger partial charge in [-0.05, 0) is 24.5 Å². The molecule has 0 unspecified atom stereocenters. The van der Waals surface area contributed by atoms with Gasteiger partial charge in [-0.2, -0.15) is 0 Å². The van der Waals surface area contributed by atoms with E-state index in [-0.39, 0.29) is 18.4 Å². The molecule has 1 heterocycles. The zero-order valence-corrected chi connectivity index (χ0v) is 9.12. The summed E-state index contributed by atoms with van der Waals surface area (Å²) >= 11 is 0. The first-order valence-corrected chi connectivity index (χ1v) is 5.70. The number of hydrogen-bond donors (Lipinski definition) is 1. The van der Waals surface area contributed by atoms with Crippen LogP contribution < -0.4 is 5.32 Å². The lowest BCUT2D eigenvalue weighted by Gasteiger charge is -2.26. The maximum absolute atomic E-state index is 13.5. The molecule has 0 radical (unpaired) electrons. The van der Waals surface area contributed by atoms with Crippen LogP contribution in [0.1, 0.15) is 31.2 Å². The number of alkyl halides is 1. The first-order chi connectivity index (χ1) is 7.75. The van der Waals surface area contributed by atoms with Gasteiger partial charge in [-0.25, -0.2) is 4.39 Å². The number of rotatable bonds is 3. The fraction of sp³-hybridized carbons (Fsp3) is 0.583. The summed E-state index contributed by atoms with van der Waals surface area (Å²) in [5, 5.41) is 2.75. The minimum Gasteiger partial charge on any atom is -0.472 e. The van der Waals surface area contributed by atoms with E-state index >= 15 is 0 Å². The first kappa shape index (κ1) is 11.2. The molecule has 0 aromatic carbocycles. The molecule has 1 amide bonds. The fourth-order valence-electron chi connectivity index (χ4n) is 2.08. The molecule has 0 saturated heterocycles. The monoisotopic (exact) mass is 225 g/mol. The number of nitrogens with one attached hydrogen (secondary N) is 1. The van der Waals surface area contributed by atoms with E-state index in [4.69, 9.17) is 4.42 Å². The van der Waals surface area contributed by atoms with Gasteiger partial charge >= 0.3 is 0 Å². The largest absolute Gasteiger partial charge is 0.472 e. The number of furan rings is 1. The molecule has 1 aliphatic carbocycles. The van der Waals surface area contributed by atoms with Crippen LogP contribution in [0.4, 0.5) is 4.39 Å². The molecular formula is C12H16FNO2. The summed E-state index contributed by atoms with van der Waals surface area (Å²) in [4.78, 5) is 11.6. The zero-order valence-electron chi connectivity index (χ0n) is 9.12. The Hall–Kier alpha value is -1.32. The van der Waals surface area contributed by atoms with E-state index in [0.29, 0.717) is 6.42 Å². The highest BCUT2D eigenvalue weighted by molar-refractivity contribution is 5.78. The fourth-order valence-corrected chi connectivity index (χ4v) is 2.08. The summed E-state index contributed by atoms with van der Waals surface area (Å²) < 4.78 is 18.3. The van der Waals surface area contributed by atoms with Crippen LogP contribution in [0.3, 0.4) is 0 Å². The lowest BCUT2D eigenvalue weighted by molar-refractivity contribution is -0.121. The van der Waals surface area contributed by atoms with Gasteiger partial charge in [0.2, 0.25) is 5.91 Å². The summed E-state index contributed by atoms with van der Waals surface area (Å²) in [6.07, 6.45) is 5.68. The van der Waals surface area contributed by atoms with Gasteiger partial charge in [0, 0.05) is 0 Å². The van der Waals surface area contributed by atoms with Gasteiger partial charge in [0.15, 0.2) is 0 Å². The van der Waals surface area contributed by atoms with Gasteiger partial charge < -0.3 is 9.73 Å². The maximum Gasteiger partial charge on any atom is 0.224 e. The van der Waals surface area contributed by atoms with Crippen LogP contribution in [-0.4, -0.2) is 18.1 Å². The summed E-state index contributed by atoms with van der Waals surface area (Å²) in [6.45, 7) is 0. The van der Waals surface area contributed by atoms with E-state index in [0.717, 1.165) is 24.8 Å². The van der Waals surface area contributed by atoms with Crippen molar-refractivity contribution in [3.8, 4) is 0 Å². The Morgan fingerprint density at radius 2 is 2.31 bits per heavy atom. The quantitative estimate of drug-likeness (QED) is 0.857. The van der Waals surface area contributed by atoms with Crippen molar-refractivity contribution in [2.75, 3.05) is 0 Å². The molecule has 1 fully saturated rings. The number of hydrogen-bond acceptors (Lipinski definition) is 2. The third-order valence-electron chi connectivity index (χ3n) is 2.97. The normalized spacial score (nSPS) is 25.3. The first-order valence-electron chi connectivity index (χ1n) is 5.70. The molecule has 0 aliphatic heterocycles. The van der Waals surface area contributed by atoms with E-state index < -0.39 is 6.17 Å². The van der Waals surface area contributed by atoms with Gasteiger partial charge in [0.25, 0.3) is 0 Å². The van der Waals surface area contributed by atoms with Gasteiger partial charge in [-0.15, -0.1) is 0 Å². The number of amides is 1. The Labute approximate surface area is 94.0 Å². The number of halogens is 1. The Morgan fingerprint density at radius 3 is 3.00 bits per heavy atom. The number of carbonyl (C=O) groups excluding carboxylic acids is 1. The van der Waals surface area contributed by atoms with E-state index in [1.54, 1.807) is 6.07 Å². The minimum absolute atomic E-state index is 0.129. The third kappa shape index (κ3) is 2.84. The molecule has 0 bridgehead atoms. The van der Waals surface area contributed by atoms with Crippen molar-refractivity contribution in [2.24, 2.45) is 0 Å². The van der Waals surface area contributed by atoms with Crippen LogP contribution >= 0.6 is 0 Å². The van der Waals surface area contributed by atoms with Crippen LogP contribution in [0, 0.1) is 0 Å². The minimum atomic E-state index is -0.887. The van der Waals surface area contributed by atoms with Crippen molar-refractivity contribution in [3.05, 3.63) is 24.2 Å². The second-order valence-electron chi connectivity index (χ2n) is 4.28. The van der Waals surface area contributed by atoms with Crippen molar-refractivity contribution in [1.82, 2.24) is 5.32 Å². The molecule has 1 saturated carbocycles. The second-order valence-corrected chi connectivity index (χ2v) is 4.28. The Morgan fingerprint density at radius 1 is 1.50 bits per heavy atom. The van der Waals surface area contributed by atoms with Crippen LogP contribution in [0.25, 0.3) is 0 Å². The average molecular weight is 225 g/mol. The van der Waals surface area contributed by atoms with Crippen molar-refractivity contribution in [1.29, 1.82) is 0 Å². The lowest BCUT2D eigenvalue weighted by atomic mass is 9.93. The molecule has 3 nitrogen and oxygen atoms in total. The van der Waals surface area contributed by atoms with Gasteiger partial charge in [0.1, 0.15) is 6.17 Å². The molecule has 2 rings (SSSR count). The molecule has 1 aromatic rings. The summed E-state index contributed by atoms with van der Waals surface area (Å²) in [5.41, 5.74) is 0.823. The van der Waals surface area contributed by atoms with Crippen molar-refractivity contribution in [3.63, 3.8) is 0 Å². The summed E-state index contributed by atoms with van der Waals surface area (Å²) in [6, 6.07) is 1.45. The highest BCUT2D eigenvalue weighted by atomic mass is 19.1. The van der Waals surface area contributed by atoms with Crippen molar-refractivity contribution in [2.45, 2.75) is 44.3 Å². The van der Waals surface area contributed by atoms with Crippen LogP contribution in [0.5, 0.6) is 0 Å². The molecule has 88 valence electrons. The SMILES string of the molecule is O=C(Cc1ccoc1)N[C@@H]1CCCC[C@H]1F. The maximum atomic E-state index is 13.5. The van der Waals surface area contributed by atoms with Gasteiger partial charge in [-0.3, -0.25) is 4.79 Å². The Balaban J connectivity index is 1.82. The highest BCUT2D eigenvalue weighted by Crippen LogP contribution is 2.21.